The highest BCUT2D eigenvalue weighted by molar-refractivity contribution is 7.92. The van der Waals surface area contributed by atoms with Crippen molar-refractivity contribution >= 4 is 21.6 Å². The number of rotatable bonds is 9. The van der Waals surface area contributed by atoms with Crippen molar-refractivity contribution in [3.8, 4) is 5.75 Å². The Morgan fingerprint density at radius 2 is 1.74 bits per heavy atom. The number of halogens is 1. The monoisotopic (exact) mass is 394 g/mol. The predicted octanol–water partition coefficient (Wildman–Crippen LogP) is 3.31. The second kappa shape index (κ2) is 9.36. The third-order valence-corrected chi connectivity index (χ3v) is 5.13. The SMILES string of the molecule is CCC[C@H](C)NC(=O)COc1ccc(S(=O)(=O)Nc2ccc(F)cc2)cc1. The van der Waals surface area contributed by atoms with E-state index in [1.807, 2.05) is 13.8 Å². The molecule has 0 bridgehead atoms. The third-order valence-electron chi connectivity index (χ3n) is 3.73. The number of hydrogen-bond donors (Lipinski definition) is 2. The molecule has 2 aromatic rings. The molecule has 6 nitrogen and oxygen atoms in total. The zero-order chi connectivity index (χ0) is 19.9. The van der Waals surface area contributed by atoms with E-state index in [0.717, 1.165) is 12.8 Å². The summed E-state index contributed by atoms with van der Waals surface area (Å²) in [5, 5.41) is 2.82. The van der Waals surface area contributed by atoms with Crippen molar-refractivity contribution < 1.29 is 22.3 Å². The number of ether oxygens (including phenoxy) is 1. The lowest BCUT2D eigenvalue weighted by atomic mass is 10.2. The van der Waals surface area contributed by atoms with E-state index in [-0.39, 0.29) is 29.1 Å². The highest BCUT2D eigenvalue weighted by atomic mass is 32.2. The maximum Gasteiger partial charge on any atom is 0.261 e. The summed E-state index contributed by atoms with van der Waals surface area (Å²) >= 11 is 0. The maximum atomic E-state index is 12.9. The van der Waals surface area contributed by atoms with Crippen LogP contribution in [-0.4, -0.2) is 27.0 Å². The minimum Gasteiger partial charge on any atom is -0.484 e. The van der Waals surface area contributed by atoms with E-state index in [9.17, 15) is 17.6 Å². The van der Waals surface area contributed by atoms with Crippen LogP contribution in [-0.2, 0) is 14.8 Å². The Morgan fingerprint density at radius 1 is 1.11 bits per heavy atom. The molecule has 0 spiro atoms. The molecule has 8 heteroatoms. The minimum atomic E-state index is -3.80. The van der Waals surface area contributed by atoms with E-state index in [1.165, 1.54) is 48.5 Å². The van der Waals surface area contributed by atoms with Crippen molar-refractivity contribution in [1.82, 2.24) is 5.32 Å². The van der Waals surface area contributed by atoms with Gasteiger partial charge in [-0.2, -0.15) is 0 Å². The lowest BCUT2D eigenvalue weighted by Crippen LogP contribution is -2.35. The zero-order valence-corrected chi connectivity index (χ0v) is 16.1. The molecule has 0 aliphatic carbocycles. The van der Waals surface area contributed by atoms with Crippen LogP contribution >= 0.6 is 0 Å². The number of carbonyl (C=O) groups excluding carboxylic acids is 1. The second-order valence-electron chi connectivity index (χ2n) is 6.13. The summed E-state index contributed by atoms with van der Waals surface area (Å²) in [6.45, 7) is 3.82. The normalized spacial score (nSPS) is 12.3. The van der Waals surface area contributed by atoms with Crippen LogP contribution in [0.3, 0.4) is 0 Å². The van der Waals surface area contributed by atoms with E-state index in [2.05, 4.69) is 10.0 Å². The minimum absolute atomic E-state index is 0.0280. The van der Waals surface area contributed by atoms with Gasteiger partial charge in [-0.3, -0.25) is 9.52 Å². The summed E-state index contributed by atoms with van der Waals surface area (Å²) in [5.74, 6) is -0.299. The first kappa shape index (κ1) is 20.7. The van der Waals surface area contributed by atoms with Gasteiger partial charge in [0.2, 0.25) is 0 Å². The molecule has 0 unspecified atom stereocenters. The lowest BCUT2D eigenvalue weighted by Gasteiger charge is -2.13. The van der Waals surface area contributed by atoms with Crippen molar-refractivity contribution in [3.63, 3.8) is 0 Å². The molecule has 0 saturated carbocycles. The molecule has 27 heavy (non-hydrogen) atoms. The van der Waals surface area contributed by atoms with Crippen molar-refractivity contribution in [2.45, 2.75) is 37.6 Å². The molecule has 2 aromatic carbocycles. The Kier molecular flexibility index (Phi) is 7.18. The van der Waals surface area contributed by atoms with Gasteiger partial charge in [0.15, 0.2) is 6.61 Å². The fourth-order valence-corrected chi connectivity index (χ4v) is 3.48. The molecule has 0 aliphatic heterocycles. The average molecular weight is 394 g/mol. The smallest absolute Gasteiger partial charge is 0.261 e. The number of carbonyl (C=O) groups is 1. The Morgan fingerprint density at radius 3 is 2.33 bits per heavy atom. The Balaban J connectivity index is 1.93. The van der Waals surface area contributed by atoms with Crippen LogP contribution in [0.1, 0.15) is 26.7 Å². The fraction of sp³-hybridized carbons (Fsp3) is 0.316. The van der Waals surface area contributed by atoms with Crippen LogP contribution < -0.4 is 14.8 Å². The number of amides is 1. The summed E-state index contributed by atoms with van der Waals surface area (Å²) in [6.07, 6.45) is 1.86. The number of benzene rings is 2. The van der Waals surface area contributed by atoms with Gasteiger partial charge in [0.1, 0.15) is 11.6 Å². The summed E-state index contributed by atoms with van der Waals surface area (Å²) in [6, 6.07) is 10.8. The molecular weight excluding hydrogens is 371 g/mol. The fourth-order valence-electron chi connectivity index (χ4n) is 2.42. The van der Waals surface area contributed by atoms with Gasteiger partial charge in [0.25, 0.3) is 15.9 Å². The first-order valence-corrected chi connectivity index (χ1v) is 10.1. The Bertz CT molecular complexity index is 852. The van der Waals surface area contributed by atoms with Crippen molar-refractivity contribution in [3.05, 3.63) is 54.3 Å². The molecule has 0 radical (unpaired) electrons. The summed E-state index contributed by atoms with van der Waals surface area (Å²) in [5.41, 5.74) is 0.259. The molecule has 2 rings (SSSR count). The molecule has 0 fully saturated rings. The van der Waals surface area contributed by atoms with E-state index < -0.39 is 15.8 Å². The molecule has 0 aromatic heterocycles. The largest absolute Gasteiger partial charge is 0.484 e. The van der Waals surface area contributed by atoms with Crippen LogP contribution in [0.2, 0.25) is 0 Å². The van der Waals surface area contributed by atoms with Crippen molar-refractivity contribution in [2.24, 2.45) is 0 Å². The lowest BCUT2D eigenvalue weighted by molar-refractivity contribution is -0.123. The van der Waals surface area contributed by atoms with E-state index in [4.69, 9.17) is 4.74 Å². The number of anilines is 1. The summed E-state index contributed by atoms with van der Waals surface area (Å²) in [7, 11) is -3.80. The number of sulfonamides is 1. The van der Waals surface area contributed by atoms with E-state index >= 15 is 0 Å². The number of nitrogens with one attached hydrogen (secondary N) is 2. The Labute approximate surface area is 158 Å². The van der Waals surface area contributed by atoms with Gasteiger partial charge in [0.05, 0.1) is 4.90 Å². The molecule has 0 aliphatic rings. The topological polar surface area (TPSA) is 84.5 Å². The molecule has 0 saturated heterocycles. The maximum absolute atomic E-state index is 12.9. The standard InChI is InChI=1S/C19H23FN2O4S/c1-3-4-14(2)21-19(23)13-26-17-9-11-18(12-10-17)27(24,25)22-16-7-5-15(20)6-8-16/h5-12,14,22H,3-4,13H2,1-2H3,(H,21,23)/t14-/m0/s1. The first-order chi connectivity index (χ1) is 12.8. The summed E-state index contributed by atoms with van der Waals surface area (Å²) < 4.78 is 45.3. The van der Waals surface area contributed by atoms with Gasteiger partial charge in [-0.25, -0.2) is 12.8 Å². The van der Waals surface area contributed by atoms with E-state index in [1.54, 1.807) is 0 Å². The van der Waals surface area contributed by atoms with Gasteiger partial charge in [-0.1, -0.05) is 13.3 Å². The number of hydrogen-bond acceptors (Lipinski definition) is 4. The van der Waals surface area contributed by atoms with Gasteiger partial charge in [0, 0.05) is 11.7 Å². The third kappa shape index (κ3) is 6.56. The molecular formula is C19H23FN2O4S. The molecule has 146 valence electrons. The molecule has 1 atom stereocenters. The Hall–Kier alpha value is -2.61. The van der Waals surface area contributed by atoms with Crippen LogP contribution in [0, 0.1) is 5.82 Å². The van der Waals surface area contributed by atoms with Crippen LogP contribution in [0.4, 0.5) is 10.1 Å². The van der Waals surface area contributed by atoms with Gasteiger partial charge >= 0.3 is 0 Å². The molecule has 2 N–H and O–H groups in total. The molecule has 1 amide bonds. The highest BCUT2D eigenvalue weighted by Gasteiger charge is 2.14. The first-order valence-electron chi connectivity index (χ1n) is 8.61. The highest BCUT2D eigenvalue weighted by Crippen LogP contribution is 2.19. The van der Waals surface area contributed by atoms with E-state index in [0.29, 0.717) is 5.75 Å². The van der Waals surface area contributed by atoms with Gasteiger partial charge < -0.3 is 10.1 Å². The van der Waals surface area contributed by atoms with Crippen LogP contribution in [0.15, 0.2) is 53.4 Å². The van der Waals surface area contributed by atoms with Gasteiger partial charge in [-0.05, 0) is 61.9 Å². The quantitative estimate of drug-likeness (QED) is 0.683. The predicted molar refractivity (Wildman–Crippen MR) is 102 cm³/mol. The van der Waals surface area contributed by atoms with Gasteiger partial charge in [-0.15, -0.1) is 0 Å². The van der Waals surface area contributed by atoms with Crippen LogP contribution in [0.5, 0.6) is 5.75 Å². The van der Waals surface area contributed by atoms with Crippen molar-refractivity contribution in [2.75, 3.05) is 11.3 Å². The second-order valence-corrected chi connectivity index (χ2v) is 7.81. The molecule has 0 heterocycles. The zero-order valence-electron chi connectivity index (χ0n) is 15.2. The average Bonchev–Trinajstić information content (AvgIpc) is 2.62. The van der Waals surface area contributed by atoms with Crippen molar-refractivity contribution in [1.29, 1.82) is 0 Å². The summed E-state index contributed by atoms with van der Waals surface area (Å²) in [4.78, 5) is 11.8. The van der Waals surface area contributed by atoms with Crippen LogP contribution in [0.25, 0.3) is 0 Å².